The summed E-state index contributed by atoms with van der Waals surface area (Å²) >= 11 is 0. The molecule has 2 aliphatic heterocycles. The van der Waals surface area contributed by atoms with E-state index in [1.165, 1.54) is 0 Å². The number of pyridine rings is 1. The van der Waals surface area contributed by atoms with Gasteiger partial charge in [0.2, 0.25) is 10.0 Å². The maximum atomic E-state index is 12.7. The number of aromatic nitrogens is 1. The van der Waals surface area contributed by atoms with Crippen molar-refractivity contribution in [1.82, 2.24) is 19.5 Å². The van der Waals surface area contributed by atoms with Crippen LogP contribution in [0.4, 0.5) is 5.82 Å². The summed E-state index contributed by atoms with van der Waals surface area (Å²) in [6.45, 7) is 9.06. The molecule has 1 aromatic rings. The van der Waals surface area contributed by atoms with Gasteiger partial charge in [-0.25, -0.2) is 13.4 Å². The van der Waals surface area contributed by atoms with Crippen LogP contribution < -0.4 is 10.2 Å². The topological polar surface area (TPSA) is 81.1 Å². The predicted octanol–water partition coefficient (Wildman–Crippen LogP) is 1.46. The van der Waals surface area contributed by atoms with Gasteiger partial charge in [-0.2, -0.15) is 4.31 Å². The van der Waals surface area contributed by atoms with E-state index in [9.17, 15) is 8.42 Å². The van der Waals surface area contributed by atoms with Gasteiger partial charge in [0.15, 0.2) is 5.96 Å². The van der Waals surface area contributed by atoms with E-state index < -0.39 is 10.0 Å². The van der Waals surface area contributed by atoms with Gasteiger partial charge < -0.3 is 15.1 Å². The van der Waals surface area contributed by atoms with Crippen LogP contribution in [0.25, 0.3) is 0 Å². The summed E-state index contributed by atoms with van der Waals surface area (Å²) in [4.78, 5) is 13.0. The molecular formula is C19H33IN6O2S. The molecule has 0 unspecified atom stereocenters. The first-order valence-corrected chi connectivity index (χ1v) is 11.5. The Morgan fingerprint density at radius 2 is 1.93 bits per heavy atom. The fraction of sp³-hybridized carbons (Fsp3) is 0.684. The van der Waals surface area contributed by atoms with E-state index in [0.717, 1.165) is 31.3 Å². The van der Waals surface area contributed by atoms with Crippen molar-refractivity contribution in [3.05, 3.63) is 24.4 Å². The van der Waals surface area contributed by atoms with E-state index in [1.54, 1.807) is 17.5 Å². The first-order chi connectivity index (χ1) is 13.3. The lowest BCUT2D eigenvalue weighted by molar-refractivity contribution is 0.370. The van der Waals surface area contributed by atoms with Crippen LogP contribution in [-0.2, 0) is 10.0 Å². The van der Waals surface area contributed by atoms with Gasteiger partial charge in [0.1, 0.15) is 5.82 Å². The second-order valence-corrected chi connectivity index (χ2v) is 10.3. The van der Waals surface area contributed by atoms with Crippen LogP contribution in [0.1, 0.15) is 20.3 Å². The molecule has 29 heavy (non-hydrogen) atoms. The van der Waals surface area contributed by atoms with Crippen LogP contribution in [0.3, 0.4) is 0 Å². The van der Waals surface area contributed by atoms with Gasteiger partial charge in [0, 0.05) is 59.1 Å². The highest BCUT2D eigenvalue weighted by atomic mass is 127. The van der Waals surface area contributed by atoms with Crippen molar-refractivity contribution >= 4 is 45.8 Å². The number of rotatable bonds is 5. The standard InChI is InChI=1S/C19H32N6O2S.HI/c1-19(2)7-10-24(16-19)18(20-3)22-9-15-28(26,27)25-13-11-23(12-14-25)17-6-4-5-8-21-17;/h4-6,8H,7,9-16H2,1-3H3,(H,20,22);1H. The number of guanidine groups is 1. The number of piperazine rings is 1. The summed E-state index contributed by atoms with van der Waals surface area (Å²) in [5.41, 5.74) is 0.275. The number of hydrogen-bond acceptors (Lipinski definition) is 5. The molecule has 0 radical (unpaired) electrons. The third-order valence-corrected chi connectivity index (χ3v) is 7.31. The minimum Gasteiger partial charge on any atom is -0.355 e. The Bertz CT molecular complexity index is 779. The van der Waals surface area contributed by atoms with E-state index in [0.29, 0.717) is 32.7 Å². The molecule has 3 rings (SSSR count). The van der Waals surface area contributed by atoms with Crippen molar-refractivity contribution in [3.8, 4) is 0 Å². The molecule has 0 saturated carbocycles. The van der Waals surface area contributed by atoms with Crippen LogP contribution in [0, 0.1) is 5.41 Å². The van der Waals surface area contributed by atoms with E-state index in [4.69, 9.17) is 0 Å². The first kappa shape index (κ1) is 24.1. The molecule has 0 aliphatic carbocycles. The van der Waals surface area contributed by atoms with Gasteiger partial charge in [-0.05, 0) is 24.0 Å². The lowest BCUT2D eigenvalue weighted by Crippen LogP contribution is -2.50. The van der Waals surface area contributed by atoms with E-state index >= 15 is 0 Å². The van der Waals surface area contributed by atoms with Gasteiger partial charge in [-0.1, -0.05) is 19.9 Å². The summed E-state index contributed by atoms with van der Waals surface area (Å²) in [5.74, 6) is 1.77. The van der Waals surface area contributed by atoms with Crippen LogP contribution >= 0.6 is 24.0 Å². The molecule has 1 aromatic heterocycles. The van der Waals surface area contributed by atoms with Crippen molar-refractivity contribution in [2.45, 2.75) is 20.3 Å². The van der Waals surface area contributed by atoms with Gasteiger partial charge in [0.25, 0.3) is 0 Å². The molecule has 2 saturated heterocycles. The molecule has 8 nitrogen and oxygen atoms in total. The first-order valence-electron chi connectivity index (χ1n) is 9.90. The molecule has 164 valence electrons. The van der Waals surface area contributed by atoms with Gasteiger partial charge in [-0.3, -0.25) is 4.99 Å². The van der Waals surface area contributed by atoms with Crippen molar-refractivity contribution < 1.29 is 8.42 Å². The van der Waals surface area contributed by atoms with Gasteiger partial charge in [-0.15, -0.1) is 24.0 Å². The highest BCUT2D eigenvalue weighted by molar-refractivity contribution is 14.0. The fourth-order valence-electron chi connectivity index (χ4n) is 3.78. The molecule has 0 aromatic carbocycles. The molecule has 2 aliphatic rings. The van der Waals surface area contributed by atoms with Crippen molar-refractivity contribution in [1.29, 1.82) is 0 Å². The van der Waals surface area contributed by atoms with Crippen LogP contribution in [0.5, 0.6) is 0 Å². The highest BCUT2D eigenvalue weighted by Crippen LogP contribution is 2.28. The third-order valence-electron chi connectivity index (χ3n) is 5.44. The lowest BCUT2D eigenvalue weighted by atomic mass is 9.93. The zero-order valence-electron chi connectivity index (χ0n) is 17.5. The van der Waals surface area contributed by atoms with Crippen LogP contribution in [-0.4, -0.2) is 87.2 Å². The van der Waals surface area contributed by atoms with Crippen molar-refractivity contribution in [2.75, 3.05) is 63.5 Å². The molecule has 10 heteroatoms. The zero-order valence-corrected chi connectivity index (χ0v) is 20.7. The fourth-order valence-corrected chi connectivity index (χ4v) is 5.12. The number of nitrogens with one attached hydrogen (secondary N) is 1. The number of hydrogen-bond donors (Lipinski definition) is 1. The largest absolute Gasteiger partial charge is 0.355 e. The Kier molecular flexibility index (Phi) is 8.53. The SMILES string of the molecule is CN=C(NCCS(=O)(=O)N1CCN(c2ccccn2)CC1)N1CCC(C)(C)C1.I. The molecular weight excluding hydrogens is 503 g/mol. The average molecular weight is 536 g/mol. The number of anilines is 1. The number of aliphatic imine (C=N–C) groups is 1. The summed E-state index contributed by atoms with van der Waals surface area (Å²) in [6, 6.07) is 5.79. The summed E-state index contributed by atoms with van der Waals surface area (Å²) in [5, 5.41) is 3.23. The molecule has 2 fully saturated rings. The average Bonchev–Trinajstić information content (AvgIpc) is 3.05. The maximum Gasteiger partial charge on any atom is 0.215 e. The van der Waals surface area contributed by atoms with E-state index in [1.807, 2.05) is 18.2 Å². The summed E-state index contributed by atoms with van der Waals surface area (Å²) < 4.78 is 27.0. The molecule has 0 amide bonds. The monoisotopic (exact) mass is 536 g/mol. The predicted molar refractivity (Wildman–Crippen MR) is 129 cm³/mol. The Balaban J connectivity index is 0.00000300. The number of nitrogens with zero attached hydrogens (tertiary/aromatic N) is 5. The van der Waals surface area contributed by atoms with E-state index in [2.05, 4.69) is 38.9 Å². The maximum absolute atomic E-state index is 12.7. The van der Waals surface area contributed by atoms with Crippen molar-refractivity contribution in [3.63, 3.8) is 0 Å². The number of sulfonamides is 1. The Morgan fingerprint density at radius 1 is 1.21 bits per heavy atom. The quantitative estimate of drug-likeness (QED) is 0.349. The normalized spacial score (nSPS) is 20.4. The highest BCUT2D eigenvalue weighted by Gasteiger charge is 2.31. The third kappa shape index (κ3) is 6.42. The molecule has 3 heterocycles. The second-order valence-electron chi connectivity index (χ2n) is 8.20. The number of halogens is 1. The zero-order chi connectivity index (χ0) is 20.2. The Hall–Kier alpha value is -1.14. The van der Waals surface area contributed by atoms with Crippen LogP contribution in [0.15, 0.2) is 29.4 Å². The summed E-state index contributed by atoms with van der Waals surface area (Å²) in [6.07, 6.45) is 2.88. The molecule has 0 bridgehead atoms. The van der Waals surface area contributed by atoms with Gasteiger partial charge >= 0.3 is 0 Å². The summed E-state index contributed by atoms with van der Waals surface area (Å²) in [7, 11) is -1.54. The Labute approximate surface area is 191 Å². The minimum atomic E-state index is -3.29. The van der Waals surface area contributed by atoms with E-state index in [-0.39, 0.29) is 35.1 Å². The number of likely N-dealkylation sites (tertiary alicyclic amines) is 1. The molecule has 0 spiro atoms. The lowest BCUT2D eigenvalue weighted by Gasteiger charge is -2.34. The smallest absolute Gasteiger partial charge is 0.215 e. The van der Waals surface area contributed by atoms with Crippen LogP contribution in [0.2, 0.25) is 0 Å². The molecule has 1 N–H and O–H groups in total. The Morgan fingerprint density at radius 3 is 2.48 bits per heavy atom. The minimum absolute atomic E-state index is 0. The molecule has 0 atom stereocenters. The van der Waals surface area contributed by atoms with Gasteiger partial charge in [0.05, 0.1) is 5.75 Å². The van der Waals surface area contributed by atoms with Crippen molar-refractivity contribution in [2.24, 2.45) is 10.4 Å². The second kappa shape index (κ2) is 10.3.